The molecule has 2 unspecified atom stereocenters. The molecule has 2 amide bonds. The standard InChI is InChI=1S/C17H28F2N2O8/c1-15(2,3)28-13(26)20-9(11(22)23)7-8-17(18,19)10(12(24)25)21-14(27)29-16(4,5)6/h9-10H,7-8H2,1-6H3,(H,20,26)(H,21,27)(H,22,23)(H,24,25). The monoisotopic (exact) mass is 426 g/mol. The molecule has 0 fully saturated rings. The van der Waals surface area contributed by atoms with Gasteiger partial charge in [-0.15, -0.1) is 0 Å². The molecule has 0 aromatic rings. The van der Waals surface area contributed by atoms with Crippen molar-refractivity contribution in [2.24, 2.45) is 0 Å². The highest BCUT2D eigenvalue weighted by Gasteiger charge is 2.46. The van der Waals surface area contributed by atoms with Gasteiger partial charge in [-0.1, -0.05) is 0 Å². The number of amides is 2. The van der Waals surface area contributed by atoms with Crippen LogP contribution in [0.4, 0.5) is 18.4 Å². The molecule has 10 nitrogen and oxygen atoms in total. The Bertz CT molecular complexity index is 626. The van der Waals surface area contributed by atoms with Crippen LogP contribution >= 0.6 is 0 Å². The quantitative estimate of drug-likeness (QED) is 0.462. The summed E-state index contributed by atoms with van der Waals surface area (Å²) in [5, 5.41) is 21.7. The molecule has 2 atom stereocenters. The van der Waals surface area contributed by atoms with Crippen LogP contribution in [0.15, 0.2) is 0 Å². The molecule has 0 heterocycles. The third-order valence-corrected chi connectivity index (χ3v) is 3.09. The molecule has 0 saturated carbocycles. The lowest BCUT2D eigenvalue weighted by Gasteiger charge is -2.27. The number of carboxylic acid groups (broad SMARTS) is 2. The van der Waals surface area contributed by atoms with Crippen molar-refractivity contribution in [3.05, 3.63) is 0 Å². The summed E-state index contributed by atoms with van der Waals surface area (Å²) in [6.07, 6.45) is -4.57. The van der Waals surface area contributed by atoms with E-state index in [1.165, 1.54) is 41.5 Å². The second-order valence-corrected chi connectivity index (χ2v) is 8.25. The van der Waals surface area contributed by atoms with Gasteiger partial charge in [-0.05, 0) is 48.0 Å². The zero-order valence-corrected chi connectivity index (χ0v) is 17.2. The first-order chi connectivity index (χ1) is 12.8. The first kappa shape index (κ1) is 26.3. The molecule has 168 valence electrons. The number of hydrogen-bond acceptors (Lipinski definition) is 6. The van der Waals surface area contributed by atoms with Crippen LogP contribution in [-0.4, -0.2) is 63.5 Å². The second-order valence-electron chi connectivity index (χ2n) is 8.25. The van der Waals surface area contributed by atoms with E-state index < -0.39 is 66.2 Å². The van der Waals surface area contributed by atoms with Gasteiger partial charge in [0.25, 0.3) is 5.92 Å². The fourth-order valence-electron chi connectivity index (χ4n) is 1.96. The van der Waals surface area contributed by atoms with Gasteiger partial charge in [-0.25, -0.2) is 28.0 Å². The Kier molecular flexibility index (Phi) is 8.81. The van der Waals surface area contributed by atoms with Gasteiger partial charge in [0.2, 0.25) is 0 Å². The summed E-state index contributed by atoms with van der Waals surface area (Å²) in [5.74, 6) is -7.68. The molecule has 29 heavy (non-hydrogen) atoms. The average Bonchev–Trinajstić information content (AvgIpc) is 2.44. The van der Waals surface area contributed by atoms with Gasteiger partial charge in [-0.3, -0.25) is 0 Å². The van der Waals surface area contributed by atoms with Crippen molar-refractivity contribution in [2.45, 2.75) is 83.6 Å². The van der Waals surface area contributed by atoms with E-state index in [9.17, 15) is 28.0 Å². The lowest BCUT2D eigenvalue weighted by Crippen LogP contribution is -2.54. The molecule has 0 saturated heterocycles. The van der Waals surface area contributed by atoms with Crippen LogP contribution in [0.5, 0.6) is 0 Å². The van der Waals surface area contributed by atoms with Crippen molar-refractivity contribution in [3.63, 3.8) is 0 Å². The predicted molar refractivity (Wildman–Crippen MR) is 95.8 cm³/mol. The topological polar surface area (TPSA) is 151 Å². The largest absolute Gasteiger partial charge is 0.480 e. The molecular weight excluding hydrogens is 398 g/mol. The molecule has 4 N–H and O–H groups in total. The van der Waals surface area contributed by atoms with Crippen molar-refractivity contribution < 1.29 is 47.6 Å². The van der Waals surface area contributed by atoms with Crippen LogP contribution < -0.4 is 10.6 Å². The SMILES string of the molecule is CC(C)(C)OC(=O)NC(CCC(F)(F)C(NC(=O)OC(C)(C)C)C(=O)O)C(=O)O. The fraction of sp³-hybridized carbons (Fsp3) is 0.765. The minimum atomic E-state index is -4.04. The van der Waals surface area contributed by atoms with Crippen molar-refractivity contribution in [2.75, 3.05) is 0 Å². The van der Waals surface area contributed by atoms with Crippen molar-refractivity contribution >= 4 is 24.1 Å². The van der Waals surface area contributed by atoms with E-state index in [-0.39, 0.29) is 0 Å². The third-order valence-electron chi connectivity index (χ3n) is 3.09. The molecule has 0 aliphatic heterocycles. The molecule has 0 aromatic heterocycles. The maximum absolute atomic E-state index is 14.4. The van der Waals surface area contributed by atoms with Crippen LogP contribution in [0.2, 0.25) is 0 Å². The summed E-state index contributed by atoms with van der Waals surface area (Å²) in [4.78, 5) is 45.8. The zero-order chi connectivity index (χ0) is 23.2. The Balaban J connectivity index is 5.14. The van der Waals surface area contributed by atoms with Crippen LogP contribution in [0.25, 0.3) is 0 Å². The van der Waals surface area contributed by atoms with E-state index in [1.54, 1.807) is 5.32 Å². The number of alkyl halides is 2. The normalized spacial score (nSPS) is 14.3. The summed E-state index contributed by atoms with van der Waals surface area (Å²) in [7, 11) is 0. The molecule has 0 bridgehead atoms. The molecule has 0 rings (SSSR count). The summed E-state index contributed by atoms with van der Waals surface area (Å²) in [6.45, 7) is 8.95. The number of aliphatic carboxylic acids is 2. The highest BCUT2D eigenvalue weighted by atomic mass is 19.3. The highest BCUT2D eigenvalue weighted by molar-refractivity contribution is 5.81. The van der Waals surface area contributed by atoms with E-state index in [2.05, 4.69) is 0 Å². The second kappa shape index (κ2) is 9.70. The molecule has 12 heteroatoms. The van der Waals surface area contributed by atoms with Crippen LogP contribution in [0.1, 0.15) is 54.4 Å². The first-order valence-corrected chi connectivity index (χ1v) is 8.66. The average molecular weight is 426 g/mol. The minimum Gasteiger partial charge on any atom is -0.480 e. The summed E-state index contributed by atoms with van der Waals surface area (Å²) < 4.78 is 38.4. The van der Waals surface area contributed by atoms with Crippen LogP contribution in [-0.2, 0) is 19.1 Å². The number of rotatable bonds is 8. The Hall–Kier alpha value is -2.66. The van der Waals surface area contributed by atoms with Crippen molar-refractivity contribution in [1.29, 1.82) is 0 Å². The Morgan fingerprint density at radius 2 is 1.24 bits per heavy atom. The van der Waals surface area contributed by atoms with Gasteiger partial charge in [0.05, 0.1) is 0 Å². The number of halogens is 2. The molecule has 0 aromatic carbocycles. The van der Waals surface area contributed by atoms with Crippen LogP contribution in [0, 0.1) is 0 Å². The number of hydrogen-bond donors (Lipinski definition) is 4. The molecule has 0 aliphatic rings. The predicted octanol–water partition coefficient (Wildman–Crippen LogP) is 2.36. The minimum absolute atomic E-state index is 0.818. The first-order valence-electron chi connectivity index (χ1n) is 8.66. The Morgan fingerprint density at radius 3 is 1.59 bits per heavy atom. The van der Waals surface area contributed by atoms with Gasteiger partial charge in [0, 0.05) is 6.42 Å². The number of carboxylic acids is 2. The van der Waals surface area contributed by atoms with Crippen molar-refractivity contribution in [1.82, 2.24) is 10.6 Å². The number of carbonyl (C=O) groups excluding carboxylic acids is 2. The molecular formula is C17H28F2N2O8. The van der Waals surface area contributed by atoms with Crippen LogP contribution in [0.3, 0.4) is 0 Å². The highest BCUT2D eigenvalue weighted by Crippen LogP contribution is 2.26. The third kappa shape index (κ3) is 11.1. The van der Waals surface area contributed by atoms with Gasteiger partial charge in [0.1, 0.15) is 17.2 Å². The maximum atomic E-state index is 14.4. The fourth-order valence-corrected chi connectivity index (χ4v) is 1.96. The summed E-state index contributed by atoms with van der Waals surface area (Å²) >= 11 is 0. The number of ether oxygens (including phenoxy) is 2. The molecule has 0 spiro atoms. The summed E-state index contributed by atoms with van der Waals surface area (Å²) in [5.41, 5.74) is -1.99. The van der Waals surface area contributed by atoms with E-state index in [0.29, 0.717) is 0 Å². The zero-order valence-electron chi connectivity index (χ0n) is 17.2. The number of alkyl carbamates (subject to hydrolysis) is 2. The van der Waals surface area contributed by atoms with Gasteiger partial charge >= 0.3 is 24.1 Å². The van der Waals surface area contributed by atoms with Crippen molar-refractivity contribution in [3.8, 4) is 0 Å². The number of nitrogens with one attached hydrogen (secondary N) is 2. The molecule has 0 aliphatic carbocycles. The Labute approximate surface area is 166 Å². The number of carbonyl (C=O) groups is 4. The van der Waals surface area contributed by atoms with E-state index in [1.807, 2.05) is 5.32 Å². The van der Waals surface area contributed by atoms with Gasteiger partial charge in [0.15, 0.2) is 6.04 Å². The smallest absolute Gasteiger partial charge is 0.408 e. The lowest BCUT2D eigenvalue weighted by atomic mass is 10.0. The van der Waals surface area contributed by atoms with E-state index in [0.717, 1.165) is 0 Å². The van der Waals surface area contributed by atoms with Gasteiger partial charge < -0.3 is 30.3 Å². The van der Waals surface area contributed by atoms with Gasteiger partial charge in [-0.2, -0.15) is 0 Å². The van der Waals surface area contributed by atoms with E-state index >= 15 is 0 Å². The maximum Gasteiger partial charge on any atom is 0.408 e. The summed E-state index contributed by atoms with van der Waals surface area (Å²) in [6, 6.07) is -4.42. The lowest BCUT2D eigenvalue weighted by molar-refractivity contribution is -0.151. The Morgan fingerprint density at radius 1 is 0.828 bits per heavy atom. The van der Waals surface area contributed by atoms with E-state index in [4.69, 9.17) is 19.7 Å². The molecule has 0 radical (unpaired) electrons.